The van der Waals surface area contributed by atoms with E-state index in [4.69, 9.17) is 18.4 Å². The zero-order valence-electron chi connectivity index (χ0n) is 18.5. The molecular weight excluding hydrogens is 452 g/mol. The summed E-state index contributed by atoms with van der Waals surface area (Å²) >= 11 is 0. The first kappa shape index (κ1) is 24.3. The first-order chi connectivity index (χ1) is 15.7. The summed E-state index contributed by atoms with van der Waals surface area (Å²) in [5, 5.41) is 2.51. The van der Waals surface area contributed by atoms with Gasteiger partial charge in [0.2, 0.25) is 5.91 Å². The quantitative estimate of drug-likeness (QED) is 0.405. The summed E-state index contributed by atoms with van der Waals surface area (Å²) in [6.45, 7) is -0.154. The standard InChI is InChI=1S/C22H26N2O8S/c1-29-17-10-9-16(19(11-17)30-2)12-24-18(14-32-33(3,27)28)20(21(24)25)23-22(26)31-13-15-7-5-4-6-8-15/h4-11,18,20H,12-14H2,1-3H3,(H,23,26)/t18-,20+/m0/s1. The predicted octanol–water partition coefficient (Wildman–Crippen LogP) is 1.69. The molecule has 2 aromatic carbocycles. The van der Waals surface area contributed by atoms with Crippen molar-refractivity contribution in [1.29, 1.82) is 0 Å². The highest BCUT2D eigenvalue weighted by molar-refractivity contribution is 7.85. The summed E-state index contributed by atoms with van der Waals surface area (Å²) in [5.74, 6) is 0.693. The number of likely N-dealkylation sites (tertiary alicyclic amines) is 1. The van der Waals surface area contributed by atoms with Crippen molar-refractivity contribution < 1.29 is 36.4 Å². The molecule has 0 aromatic heterocycles. The van der Waals surface area contributed by atoms with Crippen molar-refractivity contribution in [3.05, 3.63) is 59.7 Å². The van der Waals surface area contributed by atoms with Crippen molar-refractivity contribution in [2.75, 3.05) is 27.1 Å². The number of carbonyl (C=O) groups is 2. The van der Waals surface area contributed by atoms with Gasteiger partial charge in [-0.15, -0.1) is 0 Å². The molecule has 1 aliphatic heterocycles. The number of benzene rings is 2. The maximum Gasteiger partial charge on any atom is 0.408 e. The molecule has 33 heavy (non-hydrogen) atoms. The molecular formula is C22H26N2O8S. The molecule has 3 rings (SSSR count). The Morgan fingerprint density at radius 2 is 1.82 bits per heavy atom. The van der Waals surface area contributed by atoms with Gasteiger partial charge in [-0.05, 0) is 17.7 Å². The van der Waals surface area contributed by atoms with Crippen LogP contribution >= 0.6 is 0 Å². The van der Waals surface area contributed by atoms with Gasteiger partial charge in [0.15, 0.2) is 0 Å². The van der Waals surface area contributed by atoms with E-state index in [0.29, 0.717) is 17.1 Å². The van der Waals surface area contributed by atoms with E-state index in [2.05, 4.69) is 5.32 Å². The lowest BCUT2D eigenvalue weighted by atomic mass is 9.94. The summed E-state index contributed by atoms with van der Waals surface area (Å²) in [6, 6.07) is 12.5. The fourth-order valence-electron chi connectivity index (χ4n) is 3.39. The lowest BCUT2D eigenvalue weighted by Gasteiger charge is -2.46. The minimum atomic E-state index is -3.75. The molecule has 1 fully saturated rings. The molecule has 2 atom stereocenters. The Bertz CT molecular complexity index is 1090. The number of hydrogen-bond acceptors (Lipinski definition) is 8. The Morgan fingerprint density at radius 3 is 2.45 bits per heavy atom. The normalized spacial score (nSPS) is 17.8. The van der Waals surface area contributed by atoms with Crippen LogP contribution in [0.25, 0.3) is 0 Å². The highest BCUT2D eigenvalue weighted by Gasteiger charge is 2.49. The topological polar surface area (TPSA) is 120 Å². The van der Waals surface area contributed by atoms with Gasteiger partial charge in [0.25, 0.3) is 10.1 Å². The molecule has 178 valence electrons. The molecule has 0 bridgehead atoms. The van der Waals surface area contributed by atoms with E-state index in [0.717, 1.165) is 11.8 Å². The molecule has 2 aromatic rings. The molecule has 0 aliphatic carbocycles. The molecule has 0 saturated carbocycles. The highest BCUT2D eigenvalue weighted by atomic mass is 32.2. The number of hydrogen-bond donors (Lipinski definition) is 1. The molecule has 1 aliphatic rings. The van der Waals surface area contributed by atoms with Gasteiger partial charge in [-0.2, -0.15) is 8.42 Å². The fourth-order valence-corrected chi connectivity index (χ4v) is 3.78. The molecule has 1 heterocycles. The zero-order valence-corrected chi connectivity index (χ0v) is 19.3. The molecule has 2 amide bonds. The van der Waals surface area contributed by atoms with Crippen molar-refractivity contribution in [1.82, 2.24) is 10.2 Å². The second kappa shape index (κ2) is 10.5. The molecule has 11 heteroatoms. The third-order valence-corrected chi connectivity index (χ3v) is 5.67. The van der Waals surface area contributed by atoms with Crippen LogP contribution in [0, 0.1) is 0 Å². The van der Waals surface area contributed by atoms with Crippen LogP contribution < -0.4 is 14.8 Å². The van der Waals surface area contributed by atoms with Crippen LogP contribution in [0.5, 0.6) is 11.5 Å². The molecule has 0 spiro atoms. The van der Waals surface area contributed by atoms with Crippen LogP contribution in [0.2, 0.25) is 0 Å². The Kier molecular flexibility index (Phi) is 7.77. The average Bonchev–Trinajstić information content (AvgIpc) is 2.81. The van der Waals surface area contributed by atoms with Gasteiger partial charge in [-0.1, -0.05) is 30.3 Å². The van der Waals surface area contributed by atoms with Crippen LogP contribution in [0.15, 0.2) is 48.5 Å². The Balaban J connectivity index is 1.69. The lowest BCUT2D eigenvalue weighted by molar-refractivity contribution is -0.153. The van der Waals surface area contributed by atoms with E-state index < -0.39 is 34.2 Å². The number of carbonyl (C=O) groups excluding carboxylic acids is 2. The van der Waals surface area contributed by atoms with Gasteiger partial charge in [-0.25, -0.2) is 4.79 Å². The Labute approximate surface area is 192 Å². The number of nitrogens with one attached hydrogen (secondary N) is 1. The molecule has 0 unspecified atom stereocenters. The van der Waals surface area contributed by atoms with E-state index >= 15 is 0 Å². The van der Waals surface area contributed by atoms with E-state index in [1.54, 1.807) is 30.3 Å². The van der Waals surface area contributed by atoms with Crippen LogP contribution in [0.1, 0.15) is 11.1 Å². The average molecular weight is 479 g/mol. The van der Waals surface area contributed by atoms with Gasteiger partial charge in [0, 0.05) is 18.2 Å². The highest BCUT2D eigenvalue weighted by Crippen LogP contribution is 2.30. The number of methoxy groups -OCH3 is 2. The number of β-lactam (4-membered cyclic amide) rings is 1. The van der Waals surface area contributed by atoms with Crippen LogP contribution in [-0.4, -0.2) is 64.5 Å². The van der Waals surface area contributed by atoms with Crippen LogP contribution in [0.3, 0.4) is 0 Å². The summed E-state index contributed by atoms with van der Waals surface area (Å²) in [4.78, 5) is 26.5. The number of ether oxygens (including phenoxy) is 3. The summed E-state index contributed by atoms with van der Waals surface area (Å²) in [6.07, 6.45) is 0.129. The van der Waals surface area contributed by atoms with Crippen molar-refractivity contribution in [3.8, 4) is 11.5 Å². The third-order valence-electron chi connectivity index (χ3n) is 5.11. The smallest absolute Gasteiger partial charge is 0.408 e. The summed E-state index contributed by atoms with van der Waals surface area (Å²) < 4.78 is 43.7. The lowest BCUT2D eigenvalue weighted by Crippen LogP contribution is -2.71. The van der Waals surface area contributed by atoms with Crippen molar-refractivity contribution in [2.45, 2.75) is 25.2 Å². The third kappa shape index (κ3) is 6.36. The zero-order chi connectivity index (χ0) is 24.0. The van der Waals surface area contributed by atoms with Gasteiger partial charge >= 0.3 is 6.09 Å². The monoisotopic (exact) mass is 478 g/mol. The first-order valence-electron chi connectivity index (χ1n) is 10.0. The predicted molar refractivity (Wildman–Crippen MR) is 118 cm³/mol. The maximum atomic E-state index is 12.8. The number of rotatable bonds is 10. The summed E-state index contributed by atoms with van der Waals surface area (Å²) in [7, 11) is -0.732. The SMILES string of the molecule is COc1ccc(CN2C(=O)[C@H](NC(=O)OCc3ccccc3)[C@@H]2COS(C)(=O)=O)c(OC)c1. The van der Waals surface area contributed by atoms with Crippen LogP contribution in [0.4, 0.5) is 4.79 Å². The van der Waals surface area contributed by atoms with E-state index in [-0.39, 0.29) is 19.8 Å². The second-order valence-electron chi connectivity index (χ2n) is 7.38. The number of amides is 2. The molecule has 1 N–H and O–H groups in total. The number of nitrogens with zero attached hydrogens (tertiary/aromatic N) is 1. The molecule has 1 saturated heterocycles. The summed E-state index contributed by atoms with van der Waals surface area (Å²) in [5.41, 5.74) is 1.47. The molecule has 0 radical (unpaired) electrons. The van der Waals surface area contributed by atoms with Crippen molar-refractivity contribution in [2.24, 2.45) is 0 Å². The largest absolute Gasteiger partial charge is 0.497 e. The van der Waals surface area contributed by atoms with Gasteiger partial charge in [0.1, 0.15) is 24.1 Å². The van der Waals surface area contributed by atoms with Gasteiger partial charge in [-0.3, -0.25) is 8.98 Å². The van der Waals surface area contributed by atoms with Gasteiger partial charge < -0.3 is 24.4 Å². The van der Waals surface area contributed by atoms with Gasteiger partial charge in [0.05, 0.1) is 33.1 Å². The Hall–Kier alpha value is -3.31. The van der Waals surface area contributed by atoms with Crippen LogP contribution in [-0.2, 0) is 37.0 Å². The Morgan fingerprint density at radius 1 is 1.09 bits per heavy atom. The number of alkyl carbamates (subject to hydrolysis) is 1. The van der Waals surface area contributed by atoms with E-state index in [1.165, 1.54) is 19.1 Å². The maximum absolute atomic E-state index is 12.8. The van der Waals surface area contributed by atoms with Crippen molar-refractivity contribution in [3.63, 3.8) is 0 Å². The van der Waals surface area contributed by atoms with Crippen molar-refractivity contribution >= 4 is 22.1 Å². The molecule has 10 nitrogen and oxygen atoms in total. The van der Waals surface area contributed by atoms with E-state index in [9.17, 15) is 18.0 Å². The fraction of sp³-hybridized carbons (Fsp3) is 0.364. The minimum Gasteiger partial charge on any atom is -0.497 e. The second-order valence-corrected chi connectivity index (χ2v) is 9.03. The first-order valence-corrected chi connectivity index (χ1v) is 11.9. The van der Waals surface area contributed by atoms with E-state index in [1.807, 2.05) is 18.2 Å². The minimum absolute atomic E-state index is 0.0326.